The fourth-order valence-electron chi connectivity index (χ4n) is 5.38. The predicted molar refractivity (Wildman–Crippen MR) is 184 cm³/mol. The van der Waals surface area contributed by atoms with Crippen molar-refractivity contribution >= 4 is 35.6 Å². The first-order valence-electron chi connectivity index (χ1n) is 16.2. The predicted octanol–water partition coefficient (Wildman–Crippen LogP) is 4.54. The zero-order chi connectivity index (χ0) is 35.7. The van der Waals surface area contributed by atoms with Gasteiger partial charge in [0.1, 0.15) is 29.8 Å². The number of nitrogens with one attached hydrogen (secondary N) is 3. The second-order valence-corrected chi connectivity index (χ2v) is 13.2. The zero-order valence-corrected chi connectivity index (χ0v) is 28.7. The highest BCUT2D eigenvalue weighted by Gasteiger charge is 2.48. The zero-order valence-electron chi connectivity index (χ0n) is 28.7. The summed E-state index contributed by atoms with van der Waals surface area (Å²) in [7, 11) is 1.62. The summed E-state index contributed by atoms with van der Waals surface area (Å²) in [5, 5.41) is 8.30. The lowest BCUT2D eigenvalue weighted by Crippen LogP contribution is -2.70. The quantitative estimate of drug-likeness (QED) is 0.271. The maximum atomic E-state index is 14.2. The molecule has 12 heteroatoms. The summed E-state index contributed by atoms with van der Waals surface area (Å²) in [4.78, 5) is 70.1. The van der Waals surface area contributed by atoms with Crippen LogP contribution < -0.4 is 20.9 Å². The first-order chi connectivity index (χ1) is 23.2. The Morgan fingerprint density at radius 1 is 0.714 bits per heavy atom. The minimum Gasteiger partial charge on any atom is -0.445 e. The van der Waals surface area contributed by atoms with Crippen molar-refractivity contribution in [3.8, 4) is 0 Å². The lowest BCUT2D eigenvalue weighted by molar-refractivity contribution is -0.140. The lowest BCUT2D eigenvalue weighted by Gasteiger charge is -2.43. The van der Waals surface area contributed by atoms with E-state index >= 15 is 0 Å². The Balaban J connectivity index is 1.48. The molecule has 0 atom stereocenters. The molecule has 0 spiro atoms. The Morgan fingerprint density at radius 3 is 1.73 bits per heavy atom. The minimum absolute atomic E-state index is 0.00740. The van der Waals surface area contributed by atoms with Crippen LogP contribution in [-0.2, 0) is 37.1 Å². The Hall–Kier alpha value is -5.39. The molecule has 0 aliphatic carbocycles. The number of ether oxygens (including phenoxy) is 2. The highest BCUT2D eigenvalue weighted by molar-refractivity contribution is 6.03. The Kier molecular flexibility index (Phi) is 11.7. The van der Waals surface area contributed by atoms with E-state index in [9.17, 15) is 24.0 Å². The molecule has 260 valence electrons. The van der Waals surface area contributed by atoms with Gasteiger partial charge >= 0.3 is 12.2 Å². The number of rotatable bonds is 11. The second-order valence-electron chi connectivity index (χ2n) is 13.2. The van der Waals surface area contributed by atoms with E-state index in [1.54, 1.807) is 57.3 Å². The fraction of sp³-hybridized carbons (Fsp3) is 0.378. The number of likely N-dealkylation sites (tertiary alicyclic amines) is 1. The van der Waals surface area contributed by atoms with Crippen LogP contribution in [0.2, 0.25) is 0 Å². The number of amides is 5. The molecule has 1 aliphatic heterocycles. The van der Waals surface area contributed by atoms with Gasteiger partial charge in [0.15, 0.2) is 0 Å². The molecule has 3 aromatic rings. The molecule has 0 radical (unpaired) electrons. The SMILES string of the molecule is CN(C(=O)C(C)(C)NC(=O)C1(NC(=O)C(C)(C)NC(=O)OCc2ccccc2)CCN(C(=O)OCc2ccccc2)CC1)c1ccccc1. The average molecular weight is 672 g/mol. The second kappa shape index (κ2) is 15.7. The van der Waals surface area contributed by atoms with Crippen LogP contribution in [0.4, 0.5) is 15.3 Å². The number of hydrogen-bond acceptors (Lipinski definition) is 7. The van der Waals surface area contributed by atoms with Crippen molar-refractivity contribution in [3.05, 3.63) is 102 Å². The molecule has 1 aliphatic rings. The highest BCUT2D eigenvalue weighted by atomic mass is 16.6. The number of anilines is 1. The Bertz CT molecular complexity index is 1610. The molecule has 0 bridgehead atoms. The molecule has 5 amide bonds. The van der Waals surface area contributed by atoms with Crippen molar-refractivity contribution in [1.82, 2.24) is 20.9 Å². The molecule has 1 saturated heterocycles. The third-order valence-electron chi connectivity index (χ3n) is 8.47. The van der Waals surface area contributed by atoms with Gasteiger partial charge in [-0.15, -0.1) is 0 Å². The van der Waals surface area contributed by atoms with Gasteiger partial charge in [-0.2, -0.15) is 0 Å². The van der Waals surface area contributed by atoms with Gasteiger partial charge in [-0.25, -0.2) is 9.59 Å². The molecule has 3 aromatic carbocycles. The smallest absolute Gasteiger partial charge is 0.410 e. The summed E-state index contributed by atoms with van der Waals surface area (Å²) in [6.45, 7) is 6.45. The number of alkyl carbamates (subject to hydrolysis) is 1. The largest absolute Gasteiger partial charge is 0.445 e. The van der Waals surface area contributed by atoms with Crippen LogP contribution in [0.15, 0.2) is 91.0 Å². The fourth-order valence-corrected chi connectivity index (χ4v) is 5.38. The topological polar surface area (TPSA) is 146 Å². The summed E-state index contributed by atoms with van der Waals surface area (Å²) < 4.78 is 10.8. The summed E-state index contributed by atoms with van der Waals surface area (Å²) in [6, 6.07) is 27.4. The summed E-state index contributed by atoms with van der Waals surface area (Å²) in [5.41, 5.74) is -2.14. The normalized spacial score (nSPS) is 14.2. The van der Waals surface area contributed by atoms with E-state index in [0.29, 0.717) is 5.69 Å². The molecule has 1 fully saturated rings. The van der Waals surface area contributed by atoms with Crippen molar-refractivity contribution < 1.29 is 33.4 Å². The maximum absolute atomic E-state index is 14.2. The molecule has 12 nitrogen and oxygen atoms in total. The van der Waals surface area contributed by atoms with Crippen LogP contribution in [0.1, 0.15) is 51.7 Å². The summed E-state index contributed by atoms with van der Waals surface area (Å²) >= 11 is 0. The third kappa shape index (κ3) is 9.59. The standard InChI is InChI=1S/C37H45N5O7/c1-35(2,40-33(46)48-25-27-15-9-6-10-16-27)30(43)39-37(21-23-42(24-22-37)34(47)49-26-28-17-11-7-12-18-28)31(44)38-36(3,4)32(45)41(5)29-19-13-8-14-20-29/h6-20H,21-26H2,1-5H3,(H,38,44)(H,39,43)(H,40,46). The lowest BCUT2D eigenvalue weighted by atomic mass is 9.84. The summed E-state index contributed by atoms with van der Waals surface area (Å²) in [6.07, 6.45) is -1.31. The van der Waals surface area contributed by atoms with Crippen molar-refractivity contribution in [2.24, 2.45) is 0 Å². The van der Waals surface area contributed by atoms with Gasteiger partial charge in [0.25, 0.3) is 5.91 Å². The molecule has 0 aromatic heterocycles. The number of benzene rings is 3. The van der Waals surface area contributed by atoms with Crippen LogP contribution >= 0.6 is 0 Å². The molecule has 1 heterocycles. The van der Waals surface area contributed by atoms with E-state index in [2.05, 4.69) is 16.0 Å². The number of likely N-dealkylation sites (N-methyl/N-ethyl adjacent to an activating group) is 1. The molecule has 0 saturated carbocycles. The van der Waals surface area contributed by atoms with Gasteiger partial charge < -0.3 is 35.2 Å². The number of hydrogen-bond donors (Lipinski definition) is 3. The van der Waals surface area contributed by atoms with E-state index in [-0.39, 0.29) is 45.1 Å². The van der Waals surface area contributed by atoms with Crippen LogP contribution in [0.3, 0.4) is 0 Å². The van der Waals surface area contributed by atoms with E-state index in [1.807, 2.05) is 54.6 Å². The van der Waals surface area contributed by atoms with E-state index in [0.717, 1.165) is 11.1 Å². The van der Waals surface area contributed by atoms with Gasteiger partial charge in [-0.3, -0.25) is 14.4 Å². The maximum Gasteiger partial charge on any atom is 0.410 e. The number of piperidine rings is 1. The van der Waals surface area contributed by atoms with Crippen molar-refractivity contribution in [3.63, 3.8) is 0 Å². The number of para-hydroxylation sites is 1. The van der Waals surface area contributed by atoms with Crippen molar-refractivity contribution in [2.45, 2.75) is 70.4 Å². The van der Waals surface area contributed by atoms with E-state index in [1.165, 1.54) is 23.6 Å². The number of carbonyl (C=O) groups is 5. The third-order valence-corrected chi connectivity index (χ3v) is 8.47. The average Bonchev–Trinajstić information content (AvgIpc) is 3.10. The van der Waals surface area contributed by atoms with Gasteiger partial charge in [-0.05, 0) is 63.8 Å². The molecule has 49 heavy (non-hydrogen) atoms. The molecular formula is C37H45N5O7. The minimum atomic E-state index is -1.52. The molecule has 0 unspecified atom stereocenters. The number of nitrogens with zero attached hydrogens (tertiary/aromatic N) is 2. The van der Waals surface area contributed by atoms with E-state index in [4.69, 9.17) is 9.47 Å². The van der Waals surface area contributed by atoms with Crippen LogP contribution in [0, 0.1) is 0 Å². The Morgan fingerprint density at radius 2 is 1.20 bits per heavy atom. The van der Waals surface area contributed by atoms with Gasteiger partial charge in [0.2, 0.25) is 11.8 Å². The van der Waals surface area contributed by atoms with Crippen molar-refractivity contribution in [2.75, 3.05) is 25.0 Å². The van der Waals surface area contributed by atoms with Crippen LogP contribution in [-0.4, -0.2) is 71.6 Å². The molecular weight excluding hydrogens is 626 g/mol. The first kappa shape index (κ1) is 36.4. The highest BCUT2D eigenvalue weighted by Crippen LogP contribution is 2.27. The van der Waals surface area contributed by atoms with Gasteiger partial charge in [-0.1, -0.05) is 78.9 Å². The number of carbonyl (C=O) groups excluding carboxylic acids is 5. The summed E-state index contributed by atoms with van der Waals surface area (Å²) in [5.74, 6) is -1.62. The first-order valence-corrected chi connectivity index (χ1v) is 16.2. The Labute approximate surface area is 287 Å². The van der Waals surface area contributed by atoms with Crippen molar-refractivity contribution in [1.29, 1.82) is 0 Å². The van der Waals surface area contributed by atoms with Gasteiger partial charge in [0, 0.05) is 25.8 Å². The monoisotopic (exact) mass is 671 g/mol. The van der Waals surface area contributed by atoms with E-state index < -0.39 is 40.6 Å². The molecule has 3 N–H and O–H groups in total. The van der Waals surface area contributed by atoms with Gasteiger partial charge in [0.05, 0.1) is 0 Å². The molecule has 4 rings (SSSR count). The van der Waals surface area contributed by atoms with Crippen LogP contribution in [0.25, 0.3) is 0 Å². The van der Waals surface area contributed by atoms with Crippen LogP contribution in [0.5, 0.6) is 0 Å².